The van der Waals surface area contributed by atoms with Gasteiger partial charge in [-0.15, -0.1) is 0 Å². The van der Waals surface area contributed by atoms with Gasteiger partial charge in [-0.3, -0.25) is 52.7 Å². The summed E-state index contributed by atoms with van der Waals surface area (Å²) in [5, 5.41) is 24.8. The number of aliphatic hydroxyl groups excluding tert-OH is 1. The van der Waals surface area contributed by atoms with Crippen molar-refractivity contribution < 1.29 is 57.8 Å². The third kappa shape index (κ3) is 20.6. The average Bonchev–Trinajstić information content (AvgIpc) is 3.35. The fourth-order valence-corrected chi connectivity index (χ4v) is 9.77. The number of nitrogens with one attached hydrogen (secondary N) is 5. The van der Waals surface area contributed by atoms with E-state index in [1.54, 1.807) is 34.6 Å². The Morgan fingerprint density at radius 2 is 0.787 bits per heavy atom. The lowest BCUT2D eigenvalue weighted by Gasteiger charge is -2.38. The number of aliphatic hydroxyl groups is 1. The molecule has 23 heteroatoms. The molecule has 1 heterocycles. The van der Waals surface area contributed by atoms with Crippen LogP contribution in [0.25, 0.3) is 0 Å². The molecule has 1 aliphatic heterocycles. The minimum atomic E-state index is -1.57. The summed E-state index contributed by atoms with van der Waals surface area (Å²) in [6.07, 6.45) is -0.368. The van der Waals surface area contributed by atoms with Crippen molar-refractivity contribution in [2.24, 2.45) is 35.5 Å². The van der Waals surface area contributed by atoms with Crippen LogP contribution in [0.4, 0.5) is 0 Å². The van der Waals surface area contributed by atoms with Crippen LogP contribution in [0.5, 0.6) is 0 Å². The number of hydrogen-bond acceptors (Lipinski definition) is 12. The van der Waals surface area contributed by atoms with Crippen molar-refractivity contribution in [2.75, 3.05) is 48.8 Å². The van der Waals surface area contributed by atoms with Crippen LogP contribution in [-0.2, 0) is 52.7 Å². The number of carbonyl (C=O) groups is 11. The van der Waals surface area contributed by atoms with Gasteiger partial charge in [-0.1, -0.05) is 96.4 Å². The molecule has 0 bridgehead atoms. The number of hydrogen-bond donors (Lipinski definition) is 6. The molecule has 6 N–H and O–H groups in total. The van der Waals surface area contributed by atoms with Gasteiger partial charge in [-0.25, -0.2) is 0 Å². The molecule has 23 nitrogen and oxygen atoms in total. The zero-order valence-corrected chi connectivity index (χ0v) is 52.4. The Morgan fingerprint density at radius 3 is 1.19 bits per heavy atom. The summed E-state index contributed by atoms with van der Waals surface area (Å²) in [6.45, 7) is 27.1. The molecule has 80 heavy (non-hydrogen) atoms. The summed E-state index contributed by atoms with van der Waals surface area (Å²) in [5.74, 6) is -9.18. The Labute approximate surface area is 477 Å². The van der Waals surface area contributed by atoms with Gasteiger partial charge in [0.25, 0.3) is 0 Å². The molecular formula is C57H103N11O12. The second kappa shape index (κ2) is 32.5. The van der Waals surface area contributed by atoms with E-state index in [1.807, 2.05) is 55.4 Å². The Bertz CT molecular complexity index is 2150. The van der Waals surface area contributed by atoms with Gasteiger partial charge >= 0.3 is 0 Å². The van der Waals surface area contributed by atoms with Crippen LogP contribution in [0.15, 0.2) is 0 Å². The first-order chi connectivity index (χ1) is 36.8. The highest BCUT2D eigenvalue weighted by Crippen LogP contribution is 2.22. The fourth-order valence-electron chi connectivity index (χ4n) is 9.77. The Balaban J connectivity index is 4.15. The lowest BCUT2D eigenvalue weighted by Crippen LogP contribution is -2.62. The lowest BCUT2D eigenvalue weighted by atomic mass is 9.96. The minimum Gasteiger partial charge on any atom is -0.391 e. The maximum Gasteiger partial charge on any atom is 0.246 e. The monoisotopic (exact) mass is 1130 g/mol. The molecule has 11 amide bonds. The summed E-state index contributed by atoms with van der Waals surface area (Å²) in [4.78, 5) is 165. The predicted octanol–water partition coefficient (Wildman–Crippen LogP) is 1.73. The summed E-state index contributed by atoms with van der Waals surface area (Å²) < 4.78 is 0. The molecule has 1 saturated heterocycles. The molecule has 0 aromatic rings. The van der Waals surface area contributed by atoms with Crippen molar-refractivity contribution in [3.63, 3.8) is 0 Å². The number of rotatable bonds is 13. The minimum absolute atomic E-state index is 0.101. The van der Waals surface area contributed by atoms with Gasteiger partial charge in [0.15, 0.2) is 0 Å². The van der Waals surface area contributed by atoms with Crippen LogP contribution >= 0.6 is 0 Å². The van der Waals surface area contributed by atoms with E-state index in [1.165, 1.54) is 82.7 Å². The largest absolute Gasteiger partial charge is 0.391 e. The number of likely N-dealkylation sites (N-methyl/N-ethyl adjacent to an activating group) is 6. The lowest BCUT2D eigenvalue weighted by molar-refractivity contribution is -0.151. The molecule has 1 aliphatic rings. The van der Waals surface area contributed by atoms with E-state index in [4.69, 9.17) is 0 Å². The SMILES string of the molecule is CCC[C@@H]1NC(=O)[C@H]([C@@H](C)O)N(C)C(=O)[C@H](C(C)C)NC(=O)[C@H](CC(C)C)N(C)C(=O)[C@H](CC(C)C)N(C)C(=O)[C@@H](C)NC(=O)[C@H](C)NC(=O)[C@H](CC(C)C)N(C)C(=O)[C@H](C(C)C)NC(=O)[C@H](CC(C)C)N(C)C(=O)CN(C)C1=O. The van der Waals surface area contributed by atoms with Crippen LogP contribution in [-0.4, -0.2) is 215 Å². The van der Waals surface area contributed by atoms with Gasteiger partial charge in [-0.2, -0.15) is 0 Å². The molecule has 458 valence electrons. The van der Waals surface area contributed by atoms with Crippen molar-refractivity contribution in [3.8, 4) is 0 Å². The average molecular weight is 1130 g/mol. The van der Waals surface area contributed by atoms with Gasteiger partial charge in [-0.05, 0) is 88.4 Å². The Morgan fingerprint density at radius 1 is 0.425 bits per heavy atom. The highest BCUT2D eigenvalue weighted by atomic mass is 16.3. The Kier molecular flexibility index (Phi) is 29.3. The quantitative estimate of drug-likeness (QED) is 0.154. The molecule has 1 rings (SSSR count). The van der Waals surface area contributed by atoms with Crippen LogP contribution in [0.2, 0.25) is 0 Å². The smallest absolute Gasteiger partial charge is 0.246 e. The van der Waals surface area contributed by atoms with E-state index in [2.05, 4.69) is 26.6 Å². The van der Waals surface area contributed by atoms with Gasteiger partial charge < -0.3 is 61.1 Å². The van der Waals surface area contributed by atoms with Crippen molar-refractivity contribution >= 4 is 65.0 Å². The van der Waals surface area contributed by atoms with Crippen LogP contribution in [0.1, 0.15) is 149 Å². The van der Waals surface area contributed by atoms with E-state index in [-0.39, 0.29) is 55.8 Å². The Hall–Kier alpha value is -5.87. The van der Waals surface area contributed by atoms with Crippen molar-refractivity contribution in [2.45, 2.75) is 216 Å². The number of nitrogens with zero attached hydrogens (tertiary/aromatic N) is 6. The molecular weight excluding hydrogens is 1030 g/mol. The van der Waals surface area contributed by atoms with E-state index < -0.39 is 150 Å². The second-order valence-electron chi connectivity index (χ2n) is 24.5. The third-order valence-electron chi connectivity index (χ3n) is 14.7. The third-order valence-corrected chi connectivity index (χ3v) is 14.7. The molecule has 0 spiro atoms. The molecule has 0 radical (unpaired) electrons. The number of amides is 11. The molecule has 1 fully saturated rings. The van der Waals surface area contributed by atoms with Crippen LogP contribution in [0.3, 0.4) is 0 Å². The first-order valence-corrected chi connectivity index (χ1v) is 28.6. The molecule has 11 atom stereocenters. The molecule has 0 saturated carbocycles. The first-order valence-electron chi connectivity index (χ1n) is 28.6. The molecule has 0 unspecified atom stereocenters. The van der Waals surface area contributed by atoms with E-state index in [9.17, 15) is 57.8 Å². The zero-order chi connectivity index (χ0) is 62.1. The molecule has 0 aromatic carbocycles. The first kappa shape index (κ1) is 72.1. The van der Waals surface area contributed by atoms with E-state index in [0.717, 1.165) is 9.80 Å². The maximum atomic E-state index is 14.7. The van der Waals surface area contributed by atoms with Crippen molar-refractivity contribution in [3.05, 3.63) is 0 Å². The molecule has 0 aromatic heterocycles. The topological polar surface area (TPSA) is 288 Å². The predicted molar refractivity (Wildman–Crippen MR) is 306 cm³/mol. The van der Waals surface area contributed by atoms with Gasteiger partial charge in [0.2, 0.25) is 65.0 Å². The highest BCUT2D eigenvalue weighted by molar-refractivity contribution is 5.99. The van der Waals surface area contributed by atoms with Crippen molar-refractivity contribution in [1.29, 1.82) is 0 Å². The second-order valence-corrected chi connectivity index (χ2v) is 24.5. The summed E-state index contributed by atoms with van der Waals surface area (Å²) in [7, 11) is 8.37. The normalized spacial score (nSPS) is 27.2. The zero-order valence-electron chi connectivity index (χ0n) is 52.4. The fraction of sp³-hybridized carbons (Fsp3) is 0.807. The summed E-state index contributed by atoms with van der Waals surface area (Å²) in [5.41, 5.74) is 0. The van der Waals surface area contributed by atoms with Crippen molar-refractivity contribution in [1.82, 2.24) is 56.0 Å². The summed E-state index contributed by atoms with van der Waals surface area (Å²) >= 11 is 0. The van der Waals surface area contributed by atoms with E-state index in [0.29, 0.717) is 6.42 Å². The van der Waals surface area contributed by atoms with Gasteiger partial charge in [0.05, 0.1) is 12.6 Å². The van der Waals surface area contributed by atoms with Gasteiger partial charge in [0, 0.05) is 42.3 Å². The highest BCUT2D eigenvalue weighted by Gasteiger charge is 2.43. The van der Waals surface area contributed by atoms with E-state index >= 15 is 0 Å². The molecule has 0 aliphatic carbocycles. The maximum absolute atomic E-state index is 14.7. The van der Waals surface area contributed by atoms with Gasteiger partial charge in [0.1, 0.15) is 60.4 Å². The van der Waals surface area contributed by atoms with Crippen LogP contribution < -0.4 is 26.6 Å². The number of carbonyl (C=O) groups excluding carboxylic acids is 11. The summed E-state index contributed by atoms with van der Waals surface area (Å²) in [6, 6.07) is -12.2. The van der Waals surface area contributed by atoms with Crippen LogP contribution in [0, 0.1) is 35.5 Å². The standard InChI is InChI=1S/C57H103N11O12/c1-23-24-39-54(77)63(17)29-44(70)64(18)40(25-30(2)3)50(73)61-45(34(10)11)56(79)66(20)41(26-31(4)5)49(72)58-36(14)48(71)59-37(15)53(76)67(21)43(28-33(8)9)55(78)65(19)42(27-32(6)7)51(74)62-46(35(12)13)57(80)68(22)47(38(16)69)52(75)60-39/h30-43,45-47,69H,23-29H2,1-22H3,(H,58,72)(H,59,71)(H,60,75)(H,61,73)(H,62,74)/t36-,37+,38+,39-,40-,41-,42-,43-,45-,46-,47-/m0/s1.